The number of alkyl halides is 2. The van der Waals surface area contributed by atoms with Crippen molar-refractivity contribution in [3.05, 3.63) is 0 Å². The van der Waals surface area contributed by atoms with Gasteiger partial charge >= 0.3 is 0 Å². The number of rotatable bonds is 6. The highest BCUT2D eigenvalue weighted by atomic mass is 19.3. The van der Waals surface area contributed by atoms with Crippen molar-refractivity contribution in [3.8, 4) is 0 Å². The molecule has 0 aromatic rings. The molecule has 4 aliphatic rings. The van der Waals surface area contributed by atoms with Gasteiger partial charge in [-0.25, -0.2) is 8.78 Å². The summed E-state index contributed by atoms with van der Waals surface area (Å²) in [5, 5.41) is 2.91. The molecule has 9 atom stereocenters. The van der Waals surface area contributed by atoms with Gasteiger partial charge in [0.2, 0.25) is 18.2 Å². The molecule has 1 aliphatic heterocycles. The Labute approximate surface area is 205 Å². The summed E-state index contributed by atoms with van der Waals surface area (Å²) in [5.41, 5.74) is 0.367. The van der Waals surface area contributed by atoms with Crippen LogP contribution in [0.5, 0.6) is 0 Å². The third kappa shape index (κ3) is 4.30. The van der Waals surface area contributed by atoms with E-state index >= 15 is 0 Å². The predicted octanol–water partition coefficient (Wildman–Crippen LogP) is 5.90. The summed E-state index contributed by atoms with van der Waals surface area (Å²) in [4.78, 5) is 28.7. The number of likely N-dealkylation sites (tertiary alicyclic amines) is 1. The maximum atomic E-state index is 13.5. The van der Waals surface area contributed by atoms with E-state index in [1.165, 1.54) is 45.4 Å². The van der Waals surface area contributed by atoms with Crippen LogP contribution in [0, 0.1) is 46.3 Å². The maximum Gasteiger partial charge on any atom is 0.243 e. The van der Waals surface area contributed by atoms with Gasteiger partial charge in [-0.2, -0.15) is 0 Å². The smallest absolute Gasteiger partial charge is 0.243 e. The van der Waals surface area contributed by atoms with Crippen LogP contribution in [0.2, 0.25) is 0 Å². The van der Waals surface area contributed by atoms with Gasteiger partial charge in [-0.05, 0) is 85.9 Å². The minimum Gasteiger partial charge on any atom is -0.352 e. The second kappa shape index (κ2) is 9.35. The summed E-state index contributed by atoms with van der Waals surface area (Å²) in [6.45, 7) is 10.3. The van der Waals surface area contributed by atoms with Crippen LogP contribution >= 0.6 is 0 Å². The normalized spacial score (nSPS) is 41.6. The summed E-state index contributed by atoms with van der Waals surface area (Å²) < 4.78 is 27.1. The fourth-order valence-electron chi connectivity index (χ4n) is 8.86. The molecule has 2 amide bonds. The van der Waals surface area contributed by atoms with Crippen molar-refractivity contribution in [2.24, 2.45) is 46.3 Å². The van der Waals surface area contributed by atoms with Crippen molar-refractivity contribution in [1.29, 1.82) is 0 Å². The van der Waals surface area contributed by atoms with E-state index in [2.05, 4.69) is 19.2 Å². The van der Waals surface area contributed by atoms with E-state index in [1.54, 1.807) is 0 Å². The first-order valence-corrected chi connectivity index (χ1v) is 13.7. The summed E-state index contributed by atoms with van der Waals surface area (Å²) >= 11 is 0. The predicted molar refractivity (Wildman–Crippen MR) is 130 cm³/mol. The van der Waals surface area contributed by atoms with Crippen molar-refractivity contribution in [2.45, 2.75) is 111 Å². The molecule has 0 aromatic carbocycles. The Bertz CT molecular complexity index is 788. The van der Waals surface area contributed by atoms with Crippen molar-refractivity contribution < 1.29 is 18.4 Å². The second-order valence-corrected chi connectivity index (χ2v) is 13.2. The first kappa shape index (κ1) is 25.9. The lowest BCUT2D eigenvalue weighted by atomic mass is 9.47. The molecule has 0 aromatic heterocycles. The quantitative estimate of drug-likeness (QED) is 0.481. The van der Waals surface area contributed by atoms with Gasteiger partial charge in [-0.1, -0.05) is 41.0 Å². The Morgan fingerprint density at radius 1 is 1.09 bits per heavy atom. The van der Waals surface area contributed by atoms with Crippen LogP contribution in [0.15, 0.2) is 0 Å². The van der Waals surface area contributed by atoms with Gasteiger partial charge in [0.1, 0.15) is 5.92 Å². The molecule has 4 rings (SSSR count). The SMILES string of the molecule is CC(C)CC(NC(=O)C1C[C@@]2(C)C(CC[C@@H]3[C@H]2CC[C@]2(C)CCC[C@@H]32)N(C)C1=O)C(C)C(F)F. The second-order valence-electron chi connectivity index (χ2n) is 13.2. The molecule has 4 fully saturated rings. The molecule has 3 saturated carbocycles. The Hall–Kier alpha value is -1.20. The van der Waals surface area contributed by atoms with Gasteiger partial charge < -0.3 is 10.2 Å². The highest BCUT2D eigenvalue weighted by Gasteiger charge is 2.61. The van der Waals surface area contributed by atoms with Crippen LogP contribution in [0.4, 0.5) is 8.78 Å². The molecular formula is C28H46F2N2O2. The average molecular weight is 481 g/mol. The van der Waals surface area contributed by atoms with Crippen LogP contribution in [0.3, 0.4) is 0 Å². The molecular weight excluding hydrogens is 434 g/mol. The van der Waals surface area contributed by atoms with E-state index in [0.29, 0.717) is 30.1 Å². The van der Waals surface area contributed by atoms with E-state index in [1.807, 2.05) is 25.8 Å². The standard InChI is InChI=1S/C28H46F2N2O2/c1-16(2)14-22(17(3)24(29)30)31-25(33)19-15-28(5)21-11-13-27(4)12-7-8-20(27)18(21)9-10-23(28)32(6)26(19)34/h16-24H,7-15H2,1-6H3,(H,31,33)/t17?,18-,19?,20-,21+,22?,23?,27-,28+/m0/s1. The average Bonchev–Trinajstić information content (AvgIpc) is 3.16. The molecule has 4 unspecified atom stereocenters. The number of halogens is 2. The number of hydrogen-bond acceptors (Lipinski definition) is 2. The van der Waals surface area contributed by atoms with E-state index in [-0.39, 0.29) is 29.2 Å². The van der Waals surface area contributed by atoms with Gasteiger partial charge in [0.15, 0.2) is 0 Å². The summed E-state index contributed by atoms with van der Waals surface area (Å²) in [5.74, 6) is -0.0435. The number of carbonyl (C=O) groups excluding carboxylic acids is 2. The third-order valence-electron chi connectivity index (χ3n) is 10.8. The van der Waals surface area contributed by atoms with Gasteiger partial charge in [-0.3, -0.25) is 9.59 Å². The molecule has 4 nitrogen and oxygen atoms in total. The maximum absolute atomic E-state index is 13.5. The van der Waals surface area contributed by atoms with E-state index < -0.39 is 24.3 Å². The Balaban J connectivity index is 1.56. The zero-order chi connectivity index (χ0) is 25.0. The molecule has 0 radical (unpaired) electrons. The van der Waals surface area contributed by atoms with E-state index in [4.69, 9.17) is 0 Å². The number of fused-ring (bicyclic) bond motifs is 5. The summed E-state index contributed by atoms with van der Waals surface area (Å²) in [6, 6.07) is -0.452. The van der Waals surface area contributed by atoms with Crippen molar-refractivity contribution in [2.75, 3.05) is 7.05 Å². The van der Waals surface area contributed by atoms with Gasteiger partial charge in [0.25, 0.3) is 0 Å². The molecule has 6 heteroatoms. The molecule has 194 valence electrons. The molecule has 3 aliphatic carbocycles. The lowest BCUT2D eigenvalue weighted by Crippen LogP contribution is -2.65. The van der Waals surface area contributed by atoms with E-state index in [0.717, 1.165) is 12.3 Å². The Morgan fingerprint density at radius 3 is 2.44 bits per heavy atom. The van der Waals surface area contributed by atoms with Crippen molar-refractivity contribution in [1.82, 2.24) is 10.2 Å². The molecule has 34 heavy (non-hydrogen) atoms. The fourth-order valence-corrected chi connectivity index (χ4v) is 8.86. The first-order chi connectivity index (χ1) is 15.9. The zero-order valence-electron chi connectivity index (χ0n) is 22.1. The highest BCUT2D eigenvalue weighted by Crippen LogP contribution is 2.65. The fraction of sp³-hybridized carbons (Fsp3) is 0.929. The number of carbonyl (C=O) groups is 2. The van der Waals surface area contributed by atoms with Crippen molar-refractivity contribution >= 4 is 11.8 Å². The van der Waals surface area contributed by atoms with Crippen LogP contribution in [-0.2, 0) is 9.59 Å². The third-order valence-corrected chi connectivity index (χ3v) is 10.8. The number of nitrogens with zero attached hydrogens (tertiary/aromatic N) is 1. The van der Waals surface area contributed by atoms with Gasteiger partial charge in [0.05, 0.1) is 0 Å². The highest BCUT2D eigenvalue weighted by molar-refractivity contribution is 6.01. The summed E-state index contributed by atoms with van der Waals surface area (Å²) in [6.07, 6.45) is 7.14. The first-order valence-electron chi connectivity index (χ1n) is 13.7. The molecule has 1 heterocycles. The Morgan fingerprint density at radius 2 is 1.79 bits per heavy atom. The number of nitrogens with one attached hydrogen (secondary N) is 1. The van der Waals surface area contributed by atoms with Crippen LogP contribution in [0.25, 0.3) is 0 Å². The van der Waals surface area contributed by atoms with Crippen LogP contribution in [0.1, 0.15) is 92.4 Å². The van der Waals surface area contributed by atoms with Crippen molar-refractivity contribution in [3.63, 3.8) is 0 Å². The van der Waals surface area contributed by atoms with Gasteiger partial charge in [-0.15, -0.1) is 0 Å². The minimum absolute atomic E-state index is 0.0978. The van der Waals surface area contributed by atoms with E-state index in [9.17, 15) is 18.4 Å². The molecule has 0 spiro atoms. The Kier molecular flexibility index (Phi) is 7.12. The lowest BCUT2D eigenvalue weighted by Gasteiger charge is -2.62. The molecule has 1 saturated heterocycles. The number of amides is 2. The zero-order valence-corrected chi connectivity index (χ0v) is 22.1. The van der Waals surface area contributed by atoms with Crippen LogP contribution in [-0.4, -0.2) is 42.3 Å². The van der Waals surface area contributed by atoms with Gasteiger partial charge in [0, 0.05) is 25.0 Å². The molecule has 0 bridgehead atoms. The number of hydrogen-bond donors (Lipinski definition) is 1. The molecule has 1 N–H and O–H groups in total. The van der Waals surface area contributed by atoms with Crippen LogP contribution < -0.4 is 5.32 Å². The summed E-state index contributed by atoms with van der Waals surface area (Å²) in [7, 11) is 1.86. The number of piperidine rings is 1. The topological polar surface area (TPSA) is 49.4 Å². The lowest BCUT2D eigenvalue weighted by molar-refractivity contribution is -0.169. The monoisotopic (exact) mass is 480 g/mol. The largest absolute Gasteiger partial charge is 0.352 e. The minimum atomic E-state index is -2.50.